The highest BCUT2D eigenvalue weighted by atomic mass is 35.5. The summed E-state index contributed by atoms with van der Waals surface area (Å²) in [6.07, 6.45) is 0.165. The van der Waals surface area contributed by atoms with Crippen molar-refractivity contribution in [3.63, 3.8) is 0 Å². The first kappa shape index (κ1) is 19.7. The first-order chi connectivity index (χ1) is 12.3. The van der Waals surface area contributed by atoms with Crippen LogP contribution in [-0.4, -0.2) is 27.9 Å². The van der Waals surface area contributed by atoms with E-state index in [4.69, 9.17) is 21.8 Å². The summed E-state index contributed by atoms with van der Waals surface area (Å²) in [5.41, 5.74) is 2.30. The number of rotatable bonds is 8. The van der Waals surface area contributed by atoms with E-state index < -0.39 is 23.8 Å². The maximum absolute atomic E-state index is 12.5. The van der Waals surface area contributed by atoms with Crippen LogP contribution >= 0.6 is 11.6 Å². The molecule has 0 heterocycles. The molecule has 0 saturated heterocycles. The van der Waals surface area contributed by atoms with Crippen LogP contribution in [0.25, 0.3) is 11.1 Å². The average Bonchev–Trinajstić information content (AvgIpc) is 2.61. The Morgan fingerprint density at radius 3 is 1.77 bits per heavy atom. The SMILES string of the molecule is CCC(CC(=O)c1ccc(-c2ccc(Cl)cc2)cc1)C(C(=O)O)C(=O)O. The molecule has 0 bridgehead atoms. The maximum atomic E-state index is 12.5. The lowest BCUT2D eigenvalue weighted by Crippen LogP contribution is -2.32. The predicted molar refractivity (Wildman–Crippen MR) is 98.4 cm³/mol. The molecule has 6 heteroatoms. The van der Waals surface area contributed by atoms with Gasteiger partial charge in [0, 0.05) is 17.0 Å². The molecule has 26 heavy (non-hydrogen) atoms. The van der Waals surface area contributed by atoms with Gasteiger partial charge in [-0.2, -0.15) is 0 Å². The van der Waals surface area contributed by atoms with Crippen LogP contribution in [-0.2, 0) is 9.59 Å². The van der Waals surface area contributed by atoms with Gasteiger partial charge in [0.15, 0.2) is 11.7 Å². The first-order valence-corrected chi connectivity index (χ1v) is 8.56. The molecule has 136 valence electrons. The molecule has 0 aliphatic heterocycles. The topological polar surface area (TPSA) is 91.7 Å². The monoisotopic (exact) mass is 374 g/mol. The van der Waals surface area contributed by atoms with Gasteiger partial charge in [0.1, 0.15) is 0 Å². The summed E-state index contributed by atoms with van der Waals surface area (Å²) >= 11 is 5.87. The number of halogens is 1. The molecule has 0 spiro atoms. The number of aliphatic carboxylic acids is 2. The number of hydrogen-bond donors (Lipinski definition) is 2. The minimum absolute atomic E-state index is 0.125. The maximum Gasteiger partial charge on any atom is 0.318 e. The Hall–Kier alpha value is -2.66. The Labute approximate surface area is 156 Å². The fourth-order valence-electron chi connectivity index (χ4n) is 2.85. The number of carboxylic acid groups (broad SMARTS) is 2. The zero-order valence-electron chi connectivity index (χ0n) is 14.2. The second kappa shape index (κ2) is 8.63. The van der Waals surface area contributed by atoms with Gasteiger partial charge in [-0.15, -0.1) is 0 Å². The van der Waals surface area contributed by atoms with Gasteiger partial charge in [-0.1, -0.05) is 61.3 Å². The van der Waals surface area contributed by atoms with Crippen LogP contribution in [0.15, 0.2) is 48.5 Å². The second-order valence-electron chi connectivity index (χ2n) is 6.03. The number of hydrogen-bond acceptors (Lipinski definition) is 3. The van der Waals surface area contributed by atoms with E-state index in [1.165, 1.54) is 0 Å². The van der Waals surface area contributed by atoms with Gasteiger partial charge in [0.25, 0.3) is 0 Å². The summed E-state index contributed by atoms with van der Waals surface area (Å²) < 4.78 is 0. The van der Waals surface area contributed by atoms with Crippen LogP contribution in [0.2, 0.25) is 5.02 Å². The van der Waals surface area contributed by atoms with Crippen LogP contribution in [0.3, 0.4) is 0 Å². The molecule has 2 rings (SSSR count). The summed E-state index contributed by atoms with van der Waals surface area (Å²) in [4.78, 5) is 34.8. The van der Waals surface area contributed by atoms with Crippen molar-refractivity contribution in [3.05, 3.63) is 59.1 Å². The predicted octanol–water partition coefficient (Wildman–Crippen LogP) is 4.39. The fraction of sp³-hybridized carbons (Fsp3) is 0.250. The minimum Gasteiger partial charge on any atom is -0.481 e. The van der Waals surface area contributed by atoms with E-state index in [0.717, 1.165) is 11.1 Å². The summed E-state index contributed by atoms with van der Waals surface area (Å²) in [5, 5.41) is 18.9. The van der Waals surface area contributed by atoms with Crippen LogP contribution < -0.4 is 0 Å². The summed E-state index contributed by atoms with van der Waals surface area (Å²) in [6, 6.07) is 14.2. The third-order valence-electron chi connectivity index (χ3n) is 4.36. The third kappa shape index (κ3) is 4.70. The molecule has 0 fully saturated rings. The van der Waals surface area contributed by atoms with Gasteiger partial charge in [0.2, 0.25) is 0 Å². The lowest BCUT2D eigenvalue weighted by atomic mass is 9.84. The lowest BCUT2D eigenvalue weighted by molar-refractivity contribution is -0.157. The van der Waals surface area contributed by atoms with Crippen molar-refractivity contribution in [1.29, 1.82) is 0 Å². The van der Waals surface area contributed by atoms with Crippen molar-refractivity contribution >= 4 is 29.3 Å². The number of carbonyl (C=O) groups excluding carboxylic acids is 1. The lowest BCUT2D eigenvalue weighted by Gasteiger charge is -2.18. The standard InChI is InChI=1S/C20H19ClO5/c1-2-12(18(19(23)24)20(25)26)11-17(22)15-5-3-13(4-6-15)14-7-9-16(21)10-8-14/h3-10,12,18H,2,11H2,1H3,(H,23,24)(H,25,26). The third-order valence-corrected chi connectivity index (χ3v) is 4.61. The Bertz CT molecular complexity index is 782. The minimum atomic E-state index is -1.59. The van der Waals surface area contributed by atoms with Gasteiger partial charge in [-0.05, 0) is 29.2 Å². The van der Waals surface area contributed by atoms with Gasteiger partial charge < -0.3 is 10.2 Å². The highest BCUT2D eigenvalue weighted by Crippen LogP contribution is 2.25. The Kier molecular flexibility index (Phi) is 6.52. The molecular weight excluding hydrogens is 356 g/mol. The fourth-order valence-corrected chi connectivity index (χ4v) is 2.98. The molecule has 0 aromatic heterocycles. The molecule has 5 nitrogen and oxygen atoms in total. The molecule has 2 N–H and O–H groups in total. The van der Waals surface area contributed by atoms with E-state index in [-0.39, 0.29) is 18.6 Å². The zero-order valence-corrected chi connectivity index (χ0v) is 14.9. The summed E-state index contributed by atoms with van der Waals surface area (Å²) in [6.45, 7) is 1.68. The van der Waals surface area contributed by atoms with Crippen molar-refractivity contribution in [3.8, 4) is 11.1 Å². The highest BCUT2D eigenvalue weighted by molar-refractivity contribution is 6.30. The van der Waals surface area contributed by atoms with Crippen LogP contribution in [0.5, 0.6) is 0 Å². The molecule has 2 aromatic carbocycles. The number of ketones is 1. The molecule has 0 aliphatic carbocycles. The van der Waals surface area contributed by atoms with E-state index in [1.54, 1.807) is 43.3 Å². The summed E-state index contributed by atoms with van der Waals surface area (Å²) in [5.74, 6) is -5.46. The Morgan fingerprint density at radius 1 is 0.885 bits per heavy atom. The van der Waals surface area contributed by atoms with Crippen LogP contribution in [0, 0.1) is 11.8 Å². The average molecular weight is 375 g/mol. The summed E-state index contributed by atoms with van der Waals surface area (Å²) in [7, 11) is 0. The molecule has 0 amide bonds. The number of carbonyl (C=O) groups is 3. The van der Waals surface area contributed by atoms with Gasteiger partial charge in [0.05, 0.1) is 0 Å². The molecule has 1 atom stereocenters. The van der Waals surface area contributed by atoms with E-state index in [2.05, 4.69) is 0 Å². The highest BCUT2D eigenvalue weighted by Gasteiger charge is 2.35. The van der Waals surface area contributed by atoms with E-state index in [9.17, 15) is 14.4 Å². The van der Waals surface area contributed by atoms with E-state index >= 15 is 0 Å². The number of Topliss-reactive ketones (excluding diaryl/α,β-unsaturated/α-hetero) is 1. The van der Waals surface area contributed by atoms with E-state index in [1.807, 2.05) is 12.1 Å². The molecule has 1 unspecified atom stereocenters. The van der Waals surface area contributed by atoms with Crippen molar-refractivity contribution in [2.45, 2.75) is 19.8 Å². The van der Waals surface area contributed by atoms with Crippen molar-refractivity contribution in [1.82, 2.24) is 0 Å². The van der Waals surface area contributed by atoms with Gasteiger partial charge >= 0.3 is 11.9 Å². The van der Waals surface area contributed by atoms with Gasteiger partial charge in [-0.25, -0.2) is 0 Å². The Balaban J connectivity index is 2.15. The smallest absolute Gasteiger partial charge is 0.318 e. The second-order valence-corrected chi connectivity index (χ2v) is 6.47. The van der Waals surface area contributed by atoms with Gasteiger partial charge in [-0.3, -0.25) is 14.4 Å². The largest absolute Gasteiger partial charge is 0.481 e. The Morgan fingerprint density at radius 2 is 1.35 bits per heavy atom. The molecule has 0 aliphatic rings. The van der Waals surface area contributed by atoms with Crippen LogP contribution in [0.4, 0.5) is 0 Å². The van der Waals surface area contributed by atoms with E-state index in [0.29, 0.717) is 10.6 Å². The molecule has 0 saturated carbocycles. The molecule has 0 radical (unpaired) electrons. The van der Waals surface area contributed by atoms with Crippen LogP contribution in [0.1, 0.15) is 30.1 Å². The normalized spacial score (nSPS) is 12.0. The molecular formula is C20H19ClO5. The number of benzene rings is 2. The zero-order chi connectivity index (χ0) is 19.3. The van der Waals surface area contributed by atoms with Crippen molar-refractivity contribution < 1.29 is 24.6 Å². The van der Waals surface area contributed by atoms with Crippen molar-refractivity contribution in [2.75, 3.05) is 0 Å². The van der Waals surface area contributed by atoms with Crippen molar-refractivity contribution in [2.24, 2.45) is 11.8 Å². The first-order valence-electron chi connectivity index (χ1n) is 8.18. The quantitative estimate of drug-likeness (QED) is 0.528. The number of carboxylic acids is 2. The molecule has 2 aromatic rings.